The molecule has 1 fully saturated rings. The molecule has 1 saturated heterocycles. The summed E-state index contributed by atoms with van der Waals surface area (Å²) in [5.41, 5.74) is 2.72. The summed E-state index contributed by atoms with van der Waals surface area (Å²) in [4.78, 5) is 14.4. The minimum absolute atomic E-state index is 0.154. The van der Waals surface area contributed by atoms with Crippen LogP contribution in [-0.4, -0.2) is 29.7 Å². The number of amides is 1. The number of halogens is 1. The Morgan fingerprint density at radius 1 is 1.26 bits per heavy atom. The van der Waals surface area contributed by atoms with Crippen LogP contribution in [0, 0.1) is 5.41 Å². The lowest BCUT2D eigenvalue weighted by Crippen LogP contribution is -2.49. The molecular weight excluding hydrogens is 354 g/mol. The van der Waals surface area contributed by atoms with Crippen LogP contribution >= 0.6 is 15.9 Å². The molecule has 1 aliphatic heterocycles. The van der Waals surface area contributed by atoms with Crippen LogP contribution in [0.1, 0.15) is 51.2 Å². The Labute approximate surface area is 147 Å². The molecule has 0 bridgehead atoms. The summed E-state index contributed by atoms with van der Waals surface area (Å²) < 4.78 is 6.74. The van der Waals surface area contributed by atoms with Crippen molar-refractivity contribution in [3.63, 3.8) is 0 Å². The molecule has 1 atom stereocenters. The normalized spacial score (nSPS) is 24.4. The minimum atomic E-state index is -0.423. The maximum Gasteiger partial charge on any atom is 0.410 e. The number of hydrogen-bond donors (Lipinski definition) is 0. The van der Waals surface area contributed by atoms with Crippen molar-refractivity contribution < 1.29 is 9.53 Å². The van der Waals surface area contributed by atoms with Gasteiger partial charge >= 0.3 is 6.09 Å². The van der Waals surface area contributed by atoms with Crippen LogP contribution in [-0.2, 0) is 17.6 Å². The molecule has 23 heavy (non-hydrogen) atoms. The van der Waals surface area contributed by atoms with Gasteiger partial charge in [-0.1, -0.05) is 22.0 Å². The fourth-order valence-electron chi connectivity index (χ4n) is 3.93. The molecule has 1 heterocycles. The summed E-state index contributed by atoms with van der Waals surface area (Å²) >= 11 is 3.56. The van der Waals surface area contributed by atoms with Crippen LogP contribution in [0.3, 0.4) is 0 Å². The van der Waals surface area contributed by atoms with Crippen molar-refractivity contribution in [1.82, 2.24) is 4.90 Å². The number of nitrogens with zero attached hydrogens (tertiary/aromatic N) is 1. The average Bonchev–Trinajstić information content (AvgIpc) is 2.46. The number of piperidine rings is 1. The molecule has 1 unspecified atom stereocenters. The quantitative estimate of drug-likeness (QED) is 0.637. The van der Waals surface area contributed by atoms with Gasteiger partial charge in [0.2, 0.25) is 0 Å². The zero-order valence-electron chi connectivity index (χ0n) is 14.3. The third-order valence-corrected chi connectivity index (χ3v) is 5.46. The molecule has 0 saturated carbocycles. The van der Waals surface area contributed by atoms with Gasteiger partial charge in [-0.05, 0) is 81.5 Å². The predicted molar refractivity (Wildman–Crippen MR) is 95.6 cm³/mol. The number of ether oxygens (including phenoxy) is 1. The largest absolute Gasteiger partial charge is 0.444 e. The summed E-state index contributed by atoms with van der Waals surface area (Å²) in [5.74, 6) is 0. The summed E-state index contributed by atoms with van der Waals surface area (Å²) in [6.45, 7) is 7.44. The summed E-state index contributed by atoms with van der Waals surface area (Å²) in [5, 5.41) is 0. The van der Waals surface area contributed by atoms with E-state index in [4.69, 9.17) is 4.74 Å². The average molecular weight is 380 g/mol. The Hall–Kier alpha value is -1.03. The van der Waals surface area contributed by atoms with E-state index in [1.165, 1.54) is 17.5 Å². The van der Waals surface area contributed by atoms with Gasteiger partial charge in [-0.3, -0.25) is 0 Å². The van der Waals surface area contributed by atoms with Gasteiger partial charge in [-0.15, -0.1) is 0 Å². The summed E-state index contributed by atoms with van der Waals surface area (Å²) in [6.07, 6.45) is 5.48. The fraction of sp³-hybridized carbons (Fsp3) is 0.632. The Kier molecular flexibility index (Phi) is 4.47. The molecule has 2 aliphatic rings. The molecule has 1 aromatic rings. The maximum absolute atomic E-state index is 12.4. The van der Waals surface area contributed by atoms with Crippen molar-refractivity contribution >= 4 is 22.0 Å². The first-order chi connectivity index (χ1) is 10.8. The second-order valence-corrected chi connectivity index (χ2v) is 9.01. The molecular formula is C19H26BrNO2. The van der Waals surface area contributed by atoms with Crippen molar-refractivity contribution in [1.29, 1.82) is 0 Å². The highest BCUT2D eigenvalue weighted by atomic mass is 79.9. The standard InChI is InChI=1S/C19H26BrNO2/c1-18(2,3)23-17(22)21-10-4-8-19(13-21)9-7-14-11-16(20)6-5-15(14)12-19/h5-6,11H,4,7-10,12-13H2,1-3H3. The van der Waals surface area contributed by atoms with Gasteiger partial charge in [-0.2, -0.15) is 0 Å². The Balaban J connectivity index is 1.73. The zero-order chi connectivity index (χ0) is 16.7. The van der Waals surface area contributed by atoms with E-state index in [1.807, 2.05) is 25.7 Å². The van der Waals surface area contributed by atoms with Gasteiger partial charge in [0, 0.05) is 17.6 Å². The van der Waals surface area contributed by atoms with Crippen molar-refractivity contribution in [2.75, 3.05) is 13.1 Å². The molecule has 0 N–H and O–H groups in total. The topological polar surface area (TPSA) is 29.5 Å². The van der Waals surface area contributed by atoms with E-state index >= 15 is 0 Å². The monoisotopic (exact) mass is 379 g/mol. The predicted octanol–water partition coefficient (Wildman–Crippen LogP) is 4.96. The first-order valence-corrected chi connectivity index (χ1v) is 9.31. The SMILES string of the molecule is CC(C)(C)OC(=O)N1CCCC2(CCc3cc(Br)ccc3C2)C1. The van der Waals surface area contributed by atoms with Crippen LogP contribution in [0.2, 0.25) is 0 Å². The lowest BCUT2D eigenvalue weighted by atomic mass is 9.67. The van der Waals surface area contributed by atoms with Gasteiger partial charge < -0.3 is 9.64 Å². The number of likely N-dealkylation sites (tertiary alicyclic amines) is 1. The Morgan fingerprint density at radius 2 is 2.04 bits per heavy atom. The maximum atomic E-state index is 12.4. The second kappa shape index (κ2) is 6.12. The van der Waals surface area contributed by atoms with Gasteiger partial charge in [0.1, 0.15) is 5.60 Å². The molecule has 1 aromatic carbocycles. The summed E-state index contributed by atoms with van der Waals surface area (Å²) in [7, 11) is 0. The zero-order valence-corrected chi connectivity index (χ0v) is 15.9. The summed E-state index contributed by atoms with van der Waals surface area (Å²) in [6, 6.07) is 6.62. The molecule has 3 nitrogen and oxygen atoms in total. The number of hydrogen-bond acceptors (Lipinski definition) is 2. The fourth-order valence-corrected chi connectivity index (χ4v) is 4.34. The molecule has 0 aromatic heterocycles. The van der Waals surface area contributed by atoms with Gasteiger partial charge in [0.15, 0.2) is 0 Å². The molecule has 1 spiro atoms. The lowest BCUT2D eigenvalue weighted by molar-refractivity contribution is 0.00147. The minimum Gasteiger partial charge on any atom is -0.444 e. The smallest absolute Gasteiger partial charge is 0.410 e. The van der Waals surface area contributed by atoms with Crippen LogP contribution in [0.4, 0.5) is 4.79 Å². The number of fused-ring (bicyclic) bond motifs is 1. The second-order valence-electron chi connectivity index (χ2n) is 8.10. The number of aryl methyl sites for hydroxylation is 1. The van der Waals surface area contributed by atoms with E-state index in [2.05, 4.69) is 34.1 Å². The Morgan fingerprint density at radius 3 is 2.78 bits per heavy atom. The number of benzene rings is 1. The first kappa shape index (κ1) is 16.8. The molecule has 1 amide bonds. The highest BCUT2D eigenvalue weighted by Crippen LogP contribution is 2.43. The van der Waals surface area contributed by atoms with E-state index in [0.29, 0.717) is 0 Å². The lowest BCUT2D eigenvalue weighted by Gasteiger charge is -2.45. The molecule has 0 radical (unpaired) electrons. The van der Waals surface area contributed by atoms with Crippen LogP contribution < -0.4 is 0 Å². The number of carbonyl (C=O) groups excluding carboxylic acids is 1. The third kappa shape index (κ3) is 3.90. The van der Waals surface area contributed by atoms with E-state index < -0.39 is 5.60 Å². The number of carbonyl (C=O) groups is 1. The van der Waals surface area contributed by atoms with E-state index in [-0.39, 0.29) is 11.5 Å². The number of rotatable bonds is 0. The van der Waals surface area contributed by atoms with E-state index in [0.717, 1.165) is 43.2 Å². The first-order valence-electron chi connectivity index (χ1n) is 8.52. The molecule has 126 valence electrons. The molecule has 4 heteroatoms. The molecule has 3 rings (SSSR count). The Bertz CT molecular complexity index is 608. The van der Waals surface area contributed by atoms with Crippen molar-refractivity contribution in [3.8, 4) is 0 Å². The molecule has 1 aliphatic carbocycles. The van der Waals surface area contributed by atoms with E-state index in [9.17, 15) is 4.79 Å². The highest BCUT2D eigenvalue weighted by Gasteiger charge is 2.40. The van der Waals surface area contributed by atoms with Crippen molar-refractivity contribution in [2.45, 2.75) is 58.5 Å². The van der Waals surface area contributed by atoms with Gasteiger partial charge in [-0.25, -0.2) is 4.79 Å². The van der Waals surface area contributed by atoms with Crippen molar-refractivity contribution in [3.05, 3.63) is 33.8 Å². The van der Waals surface area contributed by atoms with Gasteiger partial charge in [0.05, 0.1) is 0 Å². The highest BCUT2D eigenvalue weighted by molar-refractivity contribution is 9.10. The van der Waals surface area contributed by atoms with Crippen LogP contribution in [0.25, 0.3) is 0 Å². The van der Waals surface area contributed by atoms with Crippen LogP contribution in [0.15, 0.2) is 22.7 Å². The van der Waals surface area contributed by atoms with Gasteiger partial charge in [0.25, 0.3) is 0 Å². The van der Waals surface area contributed by atoms with Crippen molar-refractivity contribution in [2.24, 2.45) is 5.41 Å². The van der Waals surface area contributed by atoms with Crippen LogP contribution in [0.5, 0.6) is 0 Å². The third-order valence-electron chi connectivity index (χ3n) is 4.97. The van der Waals surface area contributed by atoms with E-state index in [1.54, 1.807) is 0 Å².